The minimum absolute atomic E-state index is 0.467. The van der Waals surface area contributed by atoms with Crippen molar-refractivity contribution in [3.8, 4) is 0 Å². The average Bonchev–Trinajstić information content (AvgIpc) is 2.67. The average molecular weight is 236 g/mol. The van der Waals surface area contributed by atoms with E-state index >= 15 is 0 Å². The van der Waals surface area contributed by atoms with E-state index in [9.17, 15) is 14.5 Å². The van der Waals surface area contributed by atoms with Crippen LogP contribution in [-0.2, 0) is 6.54 Å². The third-order valence-corrected chi connectivity index (χ3v) is 2.79. The van der Waals surface area contributed by atoms with E-state index in [1.807, 2.05) is 10.8 Å². The van der Waals surface area contributed by atoms with Crippen LogP contribution in [0.1, 0.15) is 19.8 Å². The second-order valence-electron chi connectivity index (χ2n) is 3.98. The molecule has 90 valence electrons. The summed E-state index contributed by atoms with van der Waals surface area (Å²) in [7, 11) is 0. The van der Waals surface area contributed by atoms with Gasteiger partial charge in [0.2, 0.25) is 5.82 Å². The standard InChI is InChI=1S/C12H13FN2O2/c1-2-3-5-14-6-4-9-7-12(15(16)17)10(13)8-11(9)14/h4,6-8H,2-3,5H2,1H3. The van der Waals surface area contributed by atoms with Gasteiger partial charge in [-0.3, -0.25) is 10.1 Å². The fourth-order valence-electron chi connectivity index (χ4n) is 1.86. The highest BCUT2D eigenvalue weighted by Gasteiger charge is 2.16. The lowest BCUT2D eigenvalue weighted by Gasteiger charge is -2.04. The lowest BCUT2D eigenvalue weighted by molar-refractivity contribution is -0.387. The van der Waals surface area contributed by atoms with Crippen LogP contribution in [0.3, 0.4) is 0 Å². The Morgan fingerprint density at radius 3 is 2.88 bits per heavy atom. The zero-order valence-corrected chi connectivity index (χ0v) is 9.52. The van der Waals surface area contributed by atoms with Gasteiger partial charge in [-0.2, -0.15) is 4.39 Å². The van der Waals surface area contributed by atoms with Crippen molar-refractivity contribution in [1.29, 1.82) is 0 Å². The zero-order valence-electron chi connectivity index (χ0n) is 9.52. The molecule has 0 aliphatic rings. The van der Waals surface area contributed by atoms with Crippen molar-refractivity contribution < 1.29 is 9.31 Å². The molecule has 1 heterocycles. The van der Waals surface area contributed by atoms with E-state index in [4.69, 9.17) is 0 Å². The Kier molecular flexibility index (Phi) is 3.08. The van der Waals surface area contributed by atoms with Crippen LogP contribution < -0.4 is 0 Å². The van der Waals surface area contributed by atoms with Crippen LogP contribution >= 0.6 is 0 Å². The van der Waals surface area contributed by atoms with E-state index in [2.05, 4.69) is 6.92 Å². The van der Waals surface area contributed by atoms with E-state index in [0.29, 0.717) is 10.9 Å². The summed E-state index contributed by atoms with van der Waals surface area (Å²) in [5.74, 6) is -0.779. The molecule has 2 rings (SSSR count). The highest BCUT2D eigenvalue weighted by atomic mass is 19.1. The summed E-state index contributed by atoms with van der Waals surface area (Å²) < 4.78 is 15.4. The molecule has 2 aromatic rings. The first-order chi connectivity index (χ1) is 8.13. The van der Waals surface area contributed by atoms with Crippen LogP contribution in [0.25, 0.3) is 10.9 Å². The Hall–Kier alpha value is -1.91. The zero-order chi connectivity index (χ0) is 12.4. The molecule has 4 nitrogen and oxygen atoms in total. The molecule has 0 N–H and O–H groups in total. The van der Waals surface area contributed by atoms with E-state index in [1.165, 1.54) is 12.1 Å². The molecular formula is C12H13FN2O2. The SMILES string of the molecule is CCCCn1ccc2cc([N+](=O)[O-])c(F)cc21. The first-order valence-electron chi connectivity index (χ1n) is 5.56. The molecule has 0 spiro atoms. The maximum atomic E-state index is 13.5. The second-order valence-corrected chi connectivity index (χ2v) is 3.98. The van der Waals surface area contributed by atoms with Crippen molar-refractivity contribution in [1.82, 2.24) is 4.57 Å². The predicted molar refractivity (Wildman–Crippen MR) is 63.5 cm³/mol. The van der Waals surface area contributed by atoms with E-state index in [1.54, 1.807) is 6.07 Å². The lowest BCUT2D eigenvalue weighted by Crippen LogP contribution is -1.97. The van der Waals surface area contributed by atoms with Gasteiger partial charge >= 0.3 is 5.69 Å². The van der Waals surface area contributed by atoms with Gasteiger partial charge in [0, 0.05) is 30.3 Å². The number of hydrogen-bond donors (Lipinski definition) is 0. The first-order valence-corrected chi connectivity index (χ1v) is 5.56. The maximum Gasteiger partial charge on any atom is 0.305 e. The topological polar surface area (TPSA) is 48.1 Å². The van der Waals surface area contributed by atoms with Crippen LogP contribution in [0, 0.1) is 15.9 Å². The Bertz CT molecular complexity index is 563. The van der Waals surface area contributed by atoms with Crippen molar-refractivity contribution in [2.45, 2.75) is 26.3 Å². The highest BCUT2D eigenvalue weighted by molar-refractivity contribution is 5.82. The summed E-state index contributed by atoms with van der Waals surface area (Å²) in [5, 5.41) is 11.3. The molecule has 0 aliphatic carbocycles. The normalized spacial score (nSPS) is 10.9. The smallest absolute Gasteiger partial charge is 0.305 e. The summed E-state index contributed by atoms with van der Waals surface area (Å²) in [5.41, 5.74) is 0.243. The number of nitro benzene ring substituents is 1. The highest BCUT2D eigenvalue weighted by Crippen LogP contribution is 2.25. The van der Waals surface area contributed by atoms with Gasteiger partial charge in [-0.1, -0.05) is 13.3 Å². The van der Waals surface area contributed by atoms with Gasteiger partial charge in [0.25, 0.3) is 0 Å². The summed E-state index contributed by atoms with van der Waals surface area (Å²) in [4.78, 5) is 9.91. The fraction of sp³-hybridized carbons (Fsp3) is 0.333. The third kappa shape index (κ3) is 2.13. The first kappa shape index (κ1) is 11.6. The number of benzene rings is 1. The van der Waals surface area contributed by atoms with Crippen molar-refractivity contribution in [2.75, 3.05) is 0 Å². The summed E-state index contributed by atoms with van der Waals surface area (Å²) in [6.45, 7) is 2.88. The van der Waals surface area contributed by atoms with Gasteiger partial charge in [-0.25, -0.2) is 0 Å². The van der Waals surface area contributed by atoms with Crippen molar-refractivity contribution in [3.05, 3.63) is 40.3 Å². The number of unbranched alkanes of at least 4 members (excludes halogenated alkanes) is 1. The van der Waals surface area contributed by atoms with Gasteiger partial charge in [0.05, 0.1) is 10.4 Å². The van der Waals surface area contributed by atoms with Gasteiger partial charge in [0.1, 0.15) is 0 Å². The molecule has 0 atom stereocenters. The number of nitro groups is 1. The number of rotatable bonds is 4. The van der Waals surface area contributed by atoms with Crippen molar-refractivity contribution >= 4 is 16.6 Å². The third-order valence-electron chi connectivity index (χ3n) is 2.79. The molecule has 0 unspecified atom stereocenters. The largest absolute Gasteiger partial charge is 0.347 e. The predicted octanol–water partition coefficient (Wildman–Crippen LogP) is 3.49. The summed E-state index contributed by atoms with van der Waals surface area (Å²) >= 11 is 0. The molecule has 0 aliphatic heterocycles. The van der Waals surface area contributed by atoms with E-state index in [0.717, 1.165) is 19.4 Å². The summed E-state index contributed by atoms with van der Waals surface area (Å²) in [6, 6.07) is 4.30. The molecule has 0 saturated carbocycles. The van der Waals surface area contributed by atoms with Crippen molar-refractivity contribution in [3.63, 3.8) is 0 Å². The minimum atomic E-state index is -0.779. The molecule has 0 amide bonds. The van der Waals surface area contributed by atoms with Gasteiger partial charge in [-0.15, -0.1) is 0 Å². The Morgan fingerprint density at radius 2 is 2.24 bits per heavy atom. The van der Waals surface area contributed by atoms with Crippen LogP contribution in [0.2, 0.25) is 0 Å². The Balaban J connectivity index is 2.48. The van der Waals surface area contributed by atoms with Crippen molar-refractivity contribution in [2.24, 2.45) is 0 Å². The lowest BCUT2D eigenvalue weighted by atomic mass is 10.2. The number of nitrogens with zero attached hydrogens (tertiary/aromatic N) is 2. The quantitative estimate of drug-likeness (QED) is 0.602. The minimum Gasteiger partial charge on any atom is -0.347 e. The Labute approximate surface area is 97.8 Å². The van der Waals surface area contributed by atoms with Crippen LogP contribution in [0.5, 0.6) is 0 Å². The molecule has 0 radical (unpaired) electrons. The molecule has 0 fully saturated rings. The molecule has 17 heavy (non-hydrogen) atoms. The molecule has 1 aromatic heterocycles. The number of aryl methyl sites for hydroxylation is 1. The fourth-order valence-corrected chi connectivity index (χ4v) is 1.86. The monoisotopic (exact) mass is 236 g/mol. The molecule has 0 saturated heterocycles. The number of aromatic nitrogens is 1. The van der Waals surface area contributed by atoms with Gasteiger partial charge in [0.15, 0.2) is 0 Å². The molecule has 5 heteroatoms. The molecule has 1 aromatic carbocycles. The van der Waals surface area contributed by atoms with Crippen LogP contribution in [-0.4, -0.2) is 9.49 Å². The van der Waals surface area contributed by atoms with E-state index < -0.39 is 16.4 Å². The number of fused-ring (bicyclic) bond motifs is 1. The van der Waals surface area contributed by atoms with Crippen LogP contribution in [0.15, 0.2) is 24.4 Å². The number of hydrogen-bond acceptors (Lipinski definition) is 2. The van der Waals surface area contributed by atoms with Crippen LogP contribution in [0.4, 0.5) is 10.1 Å². The molecule has 0 bridgehead atoms. The number of halogens is 1. The van der Waals surface area contributed by atoms with E-state index in [-0.39, 0.29) is 0 Å². The van der Waals surface area contributed by atoms with Gasteiger partial charge in [-0.05, 0) is 12.5 Å². The maximum absolute atomic E-state index is 13.5. The second kappa shape index (κ2) is 4.53. The molecular weight excluding hydrogens is 223 g/mol. The van der Waals surface area contributed by atoms with Gasteiger partial charge < -0.3 is 4.57 Å². The summed E-state index contributed by atoms with van der Waals surface area (Å²) in [6.07, 6.45) is 3.89. The Morgan fingerprint density at radius 1 is 1.47 bits per heavy atom.